The third kappa shape index (κ3) is 4.34. The molecule has 0 aliphatic heterocycles. The number of carbonyl (C=O) groups is 2. The molecule has 8 bridgehead atoms. The molecule has 0 aromatic rings. The van der Waals surface area contributed by atoms with Gasteiger partial charge < -0.3 is 20.1 Å². The number of carbonyl (C=O) groups excluding carboxylic acids is 2. The van der Waals surface area contributed by atoms with Crippen molar-refractivity contribution >= 4 is 11.8 Å². The SMILES string of the molecule is O=C(COCCOCC(=O)NC12CC3CC(CC(C3)C1)C2)NC12CC3CC(CC(C3)C1)C2. The van der Waals surface area contributed by atoms with Crippen molar-refractivity contribution in [2.75, 3.05) is 26.4 Å². The Morgan fingerprint density at radius 2 is 0.844 bits per heavy atom. The zero-order chi connectivity index (χ0) is 21.8. The van der Waals surface area contributed by atoms with Gasteiger partial charge in [0.25, 0.3) is 0 Å². The molecule has 8 fully saturated rings. The number of amides is 2. The van der Waals surface area contributed by atoms with Crippen molar-refractivity contribution in [2.24, 2.45) is 35.5 Å². The quantitative estimate of drug-likeness (QED) is 0.536. The Balaban J connectivity index is 0.866. The minimum absolute atomic E-state index is 0.00603. The first-order chi connectivity index (χ1) is 15.5. The molecule has 8 aliphatic rings. The van der Waals surface area contributed by atoms with E-state index in [1.807, 2.05) is 0 Å². The van der Waals surface area contributed by atoms with E-state index in [4.69, 9.17) is 9.47 Å². The lowest BCUT2D eigenvalue weighted by Crippen LogP contribution is -2.60. The van der Waals surface area contributed by atoms with E-state index in [2.05, 4.69) is 10.6 Å². The van der Waals surface area contributed by atoms with E-state index in [-0.39, 0.29) is 36.1 Å². The fraction of sp³-hybridized carbons (Fsp3) is 0.923. The summed E-state index contributed by atoms with van der Waals surface area (Å²) in [6, 6.07) is 0. The van der Waals surface area contributed by atoms with Gasteiger partial charge in [-0.25, -0.2) is 0 Å². The van der Waals surface area contributed by atoms with Gasteiger partial charge in [0.2, 0.25) is 11.8 Å². The standard InChI is InChI=1S/C26H40N2O4/c29-23(27-25-9-17-3-18(10-25)5-19(4-17)11-25)15-31-1-2-32-16-24(30)28-26-12-20-6-21(13-26)8-22(7-20)14-26/h17-22H,1-16H2,(H,27,29)(H,28,30). The normalized spacial score (nSPS) is 45.2. The Bertz CT molecular complexity index is 618. The van der Waals surface area contributed by atoms with Crippen LogP contribution in [0.1, 0.15) is 77.0 Å². The molecule has 0 aromatic heterocycles. The molecule has 32 heavy (non-hydrogen) atoms. The van der Waals surface area contributed by atoms with Crippen LogP contribution < -0.4 is 10.6 Å². The summed E-state index contributed by atoms with van der Waals surface area (Å²) in [4.78, 5) is 25.0. The molecule has 8 rings (SSSR count). The van der Waals surface area contributed by atoms with Crippen molar-refractivity contribution in [3.63, 3.8) is 0 Å². The Kier molecular flexibility index (Phi) is 5.53. The maximum absolute atomic E-state index is 12.5. The van der Waals surface area contributed by atoms with Crippen LogP contribution in [-0.4, -0.2) is 49.3 Å². The summed E-state index contributed by atoms with van der Waals surface area (Å²) in [5, 5.41) is 6.67. The summed E-state index contributed by atoms with van der Waals surface area (Å²) in [5.41, 5.74) is 0.0854. The maximum atomic E-state index is 12.5. The van der Waals surface area contributed by atoms with Gasteiger partial charge in [-0.1, -0.05) is 0 Å². The van der Waals surface area contributed by atoms with Crippen molar-refractivity contribution in [1.29, 1.82) is 0 Å². The Morgan fingerprint density at radius 1 is 0.562 bits per heavy atom. The minimum Gasteiger partial charge on any atom is -0.369 e. The largest absolute Gasteiger partial charge is 0.369 e. The van der Waals surface area contributed by atoms with Crippen molar-refractivity contribution in [3.05, 3.63) is 0 Å². The lowest BCUT2D eigenvalue weighted by molar-refractivity contribution is -0.135. The number of nitrogens with one attached hydrogen (secondary N) is 2. The van der Waals surface area contributed by atoms with Crippen LogP contribution in [0.2, 0.25) is 0 Å². The van der Waals surface area contributed by atoms with E-state index in [9.17, 15) is 9.59 Å². The van der Waals surface area contributed by atoms with Gasteiger partial charge in [0, 0.05) is 11.1 Å². The lowest BCUT2D eigenvalue weighted by Gasteiger charge is -2.56. The predicted octanol–water partition coefficient (Wildman–Crippen LogP) is 3.19. The van der Waals surface area contributed by atoms with Gasteiger partial charge in [0.05, 0.1) is 13.2 Å². The lowest BCUT2D eigenvalue weighted by atomic mass is 9.53. The number of hydrogen-bond donors (Lipinski definition) is 2. The van der Waals surface area contributed by atoms with Crippen LogP contribution in [0.15, 0.2) is 0 Å². The van der Waals surface area contributed by atoms with E-state index in [1.54, 1.807) is 0 Å². The van der Waals surface area contributed by atoms with Crippen molar-refractivity contribution < 1.29 is 19.1 Å². The minimum atomic E-state index is 0.00603. The van der Waals surface area contributed by atoms with Gasteiger partial charge in [-0.15, -0.1) is 0 Å². The second-order valence-corrected chi connectivity index (χ2v) is 12.6. The first-order valence-corrected chi connectivity index (χ1v) is 13.2. The Morgan fingerprint density at radius 3 is 1.12 bits per heavy atom. The molecule has 6 heteroatoms. The fourth-order valence-electron chi connectivity index (χ4n) is 9.64. The van der Waals surface area contributed by atoms with Crippen molar-refractivity contribution in [3.8, 4) is 0 Å². The van der Waals surface area contributed by atoms with E-state index in [0.29, 0.717) is 13.2 Å². The van der Waals surface area contributed by atoms with Crippen molar-refractivity contribution in [1.82, 2.24) is 10.6 Å². The number of hydrogen-bond acceptors (Lipinski definition) is 4. The van der Waals surface area contributed by atoms with Crippen LogP contribution >= 0.6 is 0 Å². The molecular weight excluding hydrogens is 404 g/mol. The molecule has 178 valence electrons. The highest BCUT2D eigenvalue weighted by Crippen LogP contribution is 2.56. The topological polar surface area (TPSA) is 76.7 Å². The predicted molar refractivity (Wildman–Crippen MR) is 120 cm³/mol. The first kappa shape index (κ1) is 21.4. The summed E-state index contributed by atoms with van der Waals surface area (Å²) in [6.07, 6.45) is 15.2. The molecule has 0 heterocycles. The average molecular weight is 445 g/mol. The molecule has 8 saturated carbocycles. The van der Waals surface area contributed by atoms with Crippen LogP contribution in [0.4, 0.5) is 0 Å². The zero-order valence-electron chi connectivity index (χ0n) is 19.4. The molecule has 0 radical (unpaired) electrons. The van der Waals surface area contributed by atoms with Crippen molar-refractivity contribution in [2.45, 2.75) is 88.1 Å². The maximum Gasteiger partial charge on any atom is 0.246 e. The molecule has 0 aromatic carbocycles. The Labute approximate surface area is 191 Å². The number of ether oxygens (including phenoxy) is 2. The molecule has 0 unspecified atom stereocenters. The monoisotopic (exact) mass is 444 g/mol. The van der Waals surface area contributed by atoms with Crippen LogP contribution in [0.25, 0.3) is 0 Å². The molecule has 2 amide bonds. The highest BCUT2D eigenvalue weighted by atomic mass is 16.5. The Hall–Kier alpha value is -1.14. The van der Waals surface area contributed by atoms with E-state index in [1.165, 1.54) is 38.5 Å². The van der Waals surface area contributed by atoms with Gasteiger partial charge >= 0.3 is 0 Å². The van der Waals surface area contributed by atoms with Gasteiger partial charge in [-0.05, 0) is 113 Å². The fourth-order valence-corrected chi connectivity index (χ4v) is 9.64. The molecule has 8 aliphatic carbocycles. The van der Waals surface area contributed by atoms with E-state index in [0.717, 1.165) is 74.0 Å². The van der Waals surface area contributed by atoms with Gasteiger partial charge in [-0.2, -0.15) is 0 Å². The summed E-state index contributed by atoms with van der Waals surface area (Å²) in [5.74, 6) is 4.93. The summed E-state index contributed by atoms with van der Waals surface area (Å²) < 4.78 is 11.1. The molecular formula is C26H40N2O4. The molecule has 6 nitrogen and oxygen atoms in total. The smallest absolute Gasteiger partial charge is 0.246 e. The van der Waals surface area contributed by atoms with Gasteiger partial charge in [0.15, 0.2) is 0 Å². The van der Waals surface area contributed by atoms with Gasteiger partial charge in [0.1, 0.15) is 13.2 Å². The third-order valence-corrected chi connectivity index (χ3v) is 9.72. The summed E-state index contributed by atoms with van der Waals surface area (Å²) in [6.45, 7) is 0.868. The third-order valence-electron chi connectivity index (χ3n) is 9.72. The van der Waals surface area contributed by atoms with Crippen LogP contribution in [0, 0.1) is 35.5 Å². The van der Waals surface area contributed by atoms with E-state index < -0.39 is 0 Å². The summed E-state index contributed by atoms with van der Waals surface area (Å²) >= 11 is 0. The van der Waals surface area contributed by atoms with E-state index >= 15 is 0 Å². The van der Waals surface area contributed by atoms with Gasteiger partial charge in [-0.3, -0.25) is 9.59 Å². The zero-order valence-corrected chi connectivity index (χ0v) is 19.4. The highest BCUT2D eigenvalue weighted by molar-refractivity contribution is 5.78. The average Bonchev–Trinajstić information content (AvgIpc) is 2.67. The van der Waals surface area contributed by atoms with Crippen LogP contribution in [0.3, 0.4) is 0 Å². The summed E-state index contributed by atoms with van der Waals surface area (Å²) in [7, 11) is 0. The second-order valence-electron chi connectivity index (χ2n) is 12.6. The van der Waals surface area contributed by atoms with Crippen LogP contribution in [0.5, 0.6) is 0 Å². The molecule has 2 N–H and O–H groups in total. The number of rotatable bonds is 9. The van der Waals surface area contributed by atoms with Crippen LogP contribution in [-0.2, 0) is 19.1 Å². The first-order valence-electron chi connectivity index (χ1n) is 13.2. The molecule has 0 atom stereocenters. The molecule has 0 spiro atoms. The highest BCUT2D eigenvalue weighted by Gasteiger charge is 2.52. The molecule has 0 saturated heterocycles. The second kappa shape index (κ2) is 8.26.